The third-order valence-corrected chi connectivity index (χ3v) is 9.99. The Labute approximate surface area is 283 Å². The average Bonchev–Trinajstić information content (AvgIpc) is 3.03. The van der Waals surface area contributed by atoms with Crippen molar-refractivity contribution in [3.63, 3.8) is 0 Å². The van der Waals surface area contributed by atoms with E-state index in [1.54, 1.807) is 0 Å². The van der Waals surface area contributed by atoms with Crippen LogP contribution in [0, 0.1) is 17.8 Å². The summed E-state index contributed by atoms with van der Waals surface area (Å²) in [6.07, 6.45) is 31.4. The van der Waals surface area contributed by atoms with E-state index < -0.39 is 35.7 Å². The fourth-order valence-electron chi connectivity index (χ4n) is 6.80. The van der Waals surface area contributed by atoms with Gasteiger partial charge in [0.2, 0.25) is 0 Å². The van der Waals surface area contributed by atoms with Crippen LogP contribution < -0.4 is 0 Å². The number of carbonyl (C=O) groups is 3. The number of quaternary nitrogens is 1. The maximum absolute atomic E-state index is 12.0. The Balaban J connectivity index is 4.42. The van der Waals surface area contributed by atoms with E-state index >= 15 is 0 Å². The van der Waals surface area contributed by atoms with Crippen molar-refractivity contribution in [3.8, 4) is 0 Å². The van der Waals surface area contributed by atoms with Crippen molar-refractivity contribution in [2.75, 3.05) is 26.2 Å². The number of carboxylic acids is 3. The molecule has 0 aromatic carbocycles. The summed E-state index contributed by atoms with van der Waals surface area (Å²) >= 11 is 0. The number of hydrogen-bond acceptors (Lipinski definition) is 3. The Kier molecular flexibility index (Phi) is 28.1. The van der Waals surface area contributed by atoms with Gasteiger partial charge in [0.25, 0.3) is 0 Å². The Morgan fingerprint density at radius 3 is 1.02 bits per heavy atom. The summed E-state index contributed by atoms with van der Waals surface area (Å²) in [5.41, 5.74) is 0. The highest BCUT2D eigenvalue weighted by Gasteiger charge is 2.40. The fourth-order valence-corrected chi connectivity index (χ4v) is 6.80. The molecule has 0 heterocycles. The zero-order chi connectivity index (χ0) is 34.5. The minimum atomic E-state index is -0.886. The van der Waals surface area contributed by atoms with Crippen molar-refractivity contribution in [1.29, 1.82) is 0 Å². The van der Waals surface area contributed by atoms with Crippen molar-refractivity contribution in [1.82, 2.24) is 0 Å². The van der Waals surface area contributed by atoms with Crippen LogP contribution in [0.4, 0.5) is 0 Å². The second kappa shape index (κ2) is 29.3. The first-order valence-corrected chi connectivity index (χ1v) is 19.3. The SMILES string of the molecule is CCCCCC/C=C/CCCCCCCCCCCCCCCC[N+](CC(CC)C(=O)O)(CC(CC)C(=O)O)CC(CC)C(=O)O. The van der Waals surface area contributed by atoms with E-state index in [4.69, 9.17) is 0 Å². The Bertz CT molecular complexity index is 738. The molecule has 46 heavy (non-hydrogen) atoms. The maximum Gasteiger partial charge on any atom is 0.312 e. The number of rotatable bonds is 34. The first-order chi connectivity index (χ1) is 22.2. The molecule has 0 saturated heterocycles. The largest absolute Gasteiger partial charge is 0.481 e. The molecule has 0 radical (unpaired) electrons. The molecule has 0 fully saturated rings. The lowest BCUT2D eigenvalue weighted by molar-refractivity contribution is -0.935. The molecule has 0 aliphatic rings. The van der Waals surface area contributed by atoms with Gasteiger partial charge < -0.3 is 19.8 Å². The van der Waals surface area contributed by atoms with Crippen molar-refractivity contribution in [3.05, 3.63) is 12.2 Å². The van der Waals surface area contributed by atoms with Crippen LogP contribution in [0.25, 0.3) is 0 Å². The molecule has 0 aromatic heterocycles. The van der Waals surface area contributed by atoms with Gasteiger partial charge in [0.15, 0.2) is 0 Å². The normalized spacial score (nSPS) is 15.0. The molecule has 0 bridgehead atoms. The predicted octanol–water partition coefficient (Wildman–Crippen LogP) is 10.5. The molecule has 3 unspecified atom stereocenters. The minimum Gasteiger partial charge on any atom is -0.481 e. The van der Waals surface area contributed by atoms with Gasteiger partial charge in [0.05, 0.1) is 26.2 Å². The molecule has 0 aliphatic heterocycles. The number of unbranched alkanes of at least 4 members (excludes halogenated alkanes) is 18. The first-order valence-electron chi connectivity index (χ1n) is 19.3. The summed E-state index contributed by atoms with van der Waals surface area (Å²) in [5.74, 6) is -4.50. The molecule has 3 atom stereocenters. The number of nitrogens with zero attached hydrogens (tertiary/aromatic N) is 1. The minimum absolute atomic E-state index is 0.261. The van der Waals surface area contributed by atoms with Crippen LogP contribution >= 0.6 is 0 Å². The van der Waals surface area contributed by atoms with Gasteiger partial charge in [0.1, 0.15) is 17.8 Å². The number of aliphatic carboxylic acids is 3. The van der Waals surface area contributed by atoms with E-state index in [0.29, 0.717) is 25.8 Å². The second-order valence-electron chi connectivity index (χ2n) is 14.0. The lowest BCUT2D eigenvalue weighted by atomic mass is 9.95. The van der Waals surface area contributed by atoms with Crippen LogP contribution in [0.3, 0.4) is 0 Å². The molecular formula is C39H74NO6+. The quantitative estimate of drug-likeness (QED) is 0.0362. The highest BCUT2D eigenvalue weighted by molar-refractivity contribution is 5.71. The molecule has 3 N–H and O–H groups in total. The standard InChI is InChI=1S/C39H73NO6/c1-5-9-10-11-12-13-14-15-16-17-18-19-20-21-22-23-24-25-26-27-28-29-30-40(31-34(6-2)37(41)42,32-35(7-3)38(43)44)33-36(8-4)39(45)46/h13-14,34-36H,5-12,15-33H2,1-4H3,(H2-,41,42,43,44,45,46)/p+1/b14-13+. The van der Waals surface area contributed by atoms with Crippen LogP contribution in [0.1, 0.15) is 175 Å². The fraction of sp³-hybridized carbons (Fsp3) is 0.872. The van der Waals surface area contributed by atoms with Gasteiger partial charge in [-0.15, -0.1) is 0 Å². The van der Waals surface area contributed by atoms with Crippen LogP contribution in [-0.2, 0) is 14.4 Å². The van der Waals surface area contributed by atoms with Gasteiger partial charge in [-0.25, -0.2) is 0 Å². The summed E-state index contributed by atoms with van der Waals surface area (Å²) in [5, 5.41) is 29.5. The molecule has 0 saturated carbocycles. The van der Waals surface area contributed by atoms with Gasteiger partial charge in [-0.1, -0.05) is 130 Å². The average molecular weight is 653 g/mol. The lowest BCUT2D eigenvalue weighted by Gasteiger charge is -2.43. The third-order valence-electron chi connectivity index (χ3n) is 9.99. The molecular weight excluding hydrogens is 578 g/mol. The zero-order valence-corrected chi connectivity index (χ0v) is 30.5. The van der Waals surface area contributed by atoms with Gasteiger partial charge in [-0.3, -0.25) is 14.4 Å². The second-order valence-corrected chi connectivity index (χ2v) is 14.0. The molecule has 7 nitrogen and oxygen atoms in total. The number of carboxylic acid groups (broad SMARTS) is 3. The monoisotopic (exact) mass is 653 g/mol. The van der Waals surface area contributed by atoms with Crippen LogP contribution in [-0.4, -0.2) is 63.9 Å². The van der Waals surface area contributed by atoms with Crippen LogP contribution in [0.2, 0.25) is 0 Å². The Morgan fingerprint density at radius 2 is 0.739 bits per heavy atom. The molecule has 0 aliphatic carbocycles. The third kappa shape index (κ3) is 22.6. The molecule has 0 rings (SSSR count). The van der Waals surface area contributed by atoms with Gasteiger partial charge >= 0.3 is 17.9 Å². The van der Waals surface area contributed by atoms with Crippen molar-refractivity contribution >= 4 is 17.9 Å². The molecule has 0 amide bonds. The maximum atomic E-state index is 12.0. The topological polar surface area (TPSA) is 112 Å². The van der Waals surface area contributed by atoms with Crippen molar-refractivity contribution in [2.24, 2.45) is 17.8 Å². The zero-order valence-electron chi connectivity index (χ0n) is 30.5. The Hall–Kier alpha value is -1.89. The summed E-state index contributed by atoms with van der Waals surface area (Å²) in [7, 11) is 0. The van der Waals surface area contributed by atoms with E-state index in [2.05, 4.69) is 19.1 Å². The number of allylic oxidation sites excluding steroid dienone is 2. The number of hydrogen-bond donors (Lipinski definition) is 3. The van der Waals surface area contributed by atoms with E-state index in [1.165, 1.54) is 109 Å². The highest BCUT2D eigenvalue weighted by atomic mass is 16.4. The highest BCUT2D eigenvalue weighted by Crippen LogP contribution is 2.25. The van der Waals surface area contributed by atoms with E-state index in [9.17, 15) is 29.7 Å². The summed E-state index contributed by atoms with van der Waals surface area (Å²) < 4.78 is 0.261. The summed E-state index contributed by atoms with van der Waals surface area (Å²) in [6, 6.07) is 0. The molecule has 7 heteroatoms. The summed E-state index contributed by atoms with van der Waals surface area (Å²) in [4.78, 5) is 36.0. The van der Waals surface area contributed by atoms with Gasteiger partial charge in [0, 0.05) is 0 Å². The summed E-state index contributed by atoms with van der Waals surface area (Å²) in [6.45, 7) is 9.28. The van der Waals surface area contributed by atoms with E-state index in [1.807, 2.05) is 20.8 Å². The smallest absolute Gasteiger partial charge is 0.312 e. The van der Waals surface area contributed by atoms with Gasteiger partial charge in [-0.2, -0.15) is 0 Å². The molecule has 0 spiro atoms. The lowest BCUT2D eigenvalue weighted by Crippen LogP contribution is -2.58. The van der Waals surface area contributed by atoms with Crippen molar-refractivity contribution in [2.45, 2.75) is 175 Å². The van der Waals surface area contributed by atoms with Crippen molar-refractivity contribution < 1.29 is 34.2 Å². The van der Waals surface area contributed by atoms with E-state index in [-0.39, 0.29) is 24.1 Å². The molecule has 270 valence electrons. The van der Waals surface area contributed by atoms with E-state index in [0.717, 1.165) is 19.3 Å². The first kappa shape index (κ1) is 44.1. The predicted molar refractivity (Wildman–Crippen MR) is 191 cm³/mol. The van der Waals surface area contributed by atoms with Gasteiger partial charge in [-0.05, 0) is 57.8 Å². The Morgan fingerprint density at radius 1 is 0.457 bits per heavy atom. The van der Waals surface area contributed by atoms with Crippen LogP contribution in [0.15, 0.2) is 12.2 Å². The van der Waals surface area contributed by atoms with Crippen LogP contribution in [0.5, 0.6) is 0 Å². The molecule has 0 aromatic rings.